The highest BCUT2D eigenvalue weighted by atomic mass is 32.1. The molecule has 1 aliphatic rings. The second-order valence-corrected chi connectivity index (χ2v) is 6.79. The van der Waals surface area contributed by atoms with Gasteiger partial charge in [0.25, 0.3) is 0 Å². The summed E-state index contributed by atoms with van der Waals surface area (Å²) in [6, 6.07) is 8.76. The van der Waals surface area contributed by atoms with E-state index in [9.17, 15) is 14.4 Å². The number of nitrogens with zero attached hydrogens (tertiary/aromatic N) is 3. The van der Waals surface area contributed by atoms with E-state index in [-0.39, 0.29) is 23.8 Å². The Hall–Kier alpha value is -3.53. The number of carbonyl (C=O) groups is 3. The molecule has 3 heterocycles. The molecule has 4 rings (SSSR count). The lowest BCUT2D eigenvalue weighted by Crippen LogP contribution is -2.35. The van der Waals surface area contributed by atoms with Crippen molar-refractivity contribution in [1.29, 1.82) is 0 Å². The maximum atomic E-state index is 12.9. The number of benzene rings is 1. The number of amides is 2. The zero-order valence-corrected chi connectivity index (χ0v) is 14.6. The molecule has 0 saturated carbocycles. The zero-order chi connectivity index (χ0) is 19.0. The number of hydrogen-bond donors (Lipinski definition) is 3. The van der Waals surface area contributed by atoms with Crippen molar-refractivity contribution in [2.75, 3.05) is 10.6 Å². The lowest BCUT2D eigenvalue weighted by atomic mass is 10.1. The number of hydrogen-bond acceptors (Lipinski definition) is 6. The molecule has 9 nitrogen and oxygen atoms in total. The third kappa shape index (κ3) is 3.17. The van der Waals surface area contributed by atoms with Crippen LogP contribution < -0.4 is 10.6 Å². The van der Waals surface area contributed by atoms with Gasteiger partial charge < -0.3 is 10.4 Å². The molecule has 0 spiro atoms. The van der Waals surface area contributed by atoms with Crippen LogP contribution in [0.1, 0.15) is 22.8 Å². The predicted molar refractivity (Wildman–Crippen MR) is 97.6 cm³/mol. The summed E-state index contributed by atoms with van der Waals surface area (Å²) in [6.07, 6.45) is -0.0755. The quantitative estimate of drug-likeness (QED) is 0.634. The number of nitrogens with one attached hydrogen (secondary N) is 2. The molecule has 0 radical (unpaired) electrons. The number of carboxylic acids is 1. The first kappa shape index (κ1) is 16.9. The van der Waals surface area contributed by atoms with Gasteiger partial charge in [0.15, 0.2) is 5.82 Å². The Morgan fingerprint density at radius 2 is 2.11 bits per heavy atom. The molecule has 10 heteroatoms. The topological polar surface area (TPSA) is 126 Å². The molecule has 0 unspecified atom stereocenters. The van der Waals surface area contributed by atoms with Crippen molar-refractivity contribution >= 4 is 40.8 Å². The molecule has 3 N–H and O–H groups in total. The summed E-state index contributed by atoms with van der Waals surface area (Å²) in [5, 5.41) is 24.3. The molecule has 0 bridgehead atoms. The first-order valence-electron chi connectivity index (χ1n) is 7.96. The molecule has 1 aromatic carbocycles. The number of rotatable bonds is 4. The first-order valence-corrected chi connectivity index (χ1v) is 8.84. The van der Waals surface area contributed by atoms with Gasteiger partial charge in [0.05, 0.1) is 16.9 Å². The summed E-state index contributed by atoms with van der Waals surface area (Å²) >= 11 is 1.44. The Bertz CT molecular complexity index is 1040. The van der Waals surface area contributed by atoms with Gasteiger partial charge in [-0.05, 0) is 29.6 Å². The second kappa shape index (κ2) is 6.65. The SMILES string of the molecule is O=C1C[C@H](C(=O)Nc2cccc(C(=O)O)c2)n2c(nnc2-c2cccs2)N1. The number of thiophene rings is 1. The minimum Gasteiger partial charge on any atom is -0.478 e. The Kier molecular flexibility index (Phi) is 4.16. The molecule has 2 aromatic heterocycles. The van der Waals surface area contributed by atoms with Crippen LogP contribution >= 0.6 is 11.3 Å². The average molecular weight is 383 g/mol. The molecule has 3 aromatic rings. The highest BCUT2D eigenvalue weighted by Crippen LogP contribution is 2.33. The van der Waals surface area contributed by atoms with Crippen LogP contribution in [0, 0.1) is 0 Å². The van der Waals surface area contributed by atoms with E-state index >= 15 is 0 Å². The number of carbonyl (C=O) groups excluding carboxylic acids is 2. The number of fused-ring (bicyclic) bond motifs is 1. The monoisotopic (exact) mass is 383 g/mol. The molecule has 2 amide bonds. The number of aromatic carboxylic acids is 1. The van der Waals surface area contributed by atoms with E-state index in [4.69, 9.17) is 5.11 Å². The zero-order valence-electron chi connectivity index (χ0n) is 13.7. The summed E-state index contributed by atoms with van der Waals surface area (Å²) in [6.45, 7) is 0. The van der Waals surface area contributed by atoms with Gasteiger partial charge in [-0.1, -0.05) is 12.1 Å². The summed E-state index contributed by atoms with van der Waals surface area (Å²) in [5.74, 6) is -1.20. The lowest BCUT2D eigenvalue weighted by Gasteiger charge is -2.24. The molecular weight excluding hydrogens is 370 g/mol. The molecular formula is C17H13N5O4S. The molecule has 27 heavy (non-hydrogen) atoms. The van der Waals surface area contributed by atoms with Crippen LogP contribution in [0.5, 0.6) is 0 Å². The molecule has 0 saturated heterocycles. The number of anilines is 2. The van der Waals surface area contributed by atoms with E-state index in [0.29, 0.717) is 11.5 Å². The van der Waals surface area contributed by atoms with Crippen molar-refractivity contribution in [3.63, 3.8) is 0 Å². The second-order valence-electron chi connectivity index (χ2n) is 5.84. The fourth-order valence-corrected chi connectivity index (χ4v) is 3.56. The van der Waals surface area contributed by atoms with Gasteiger partial charge in [0.1, 0.15) is 6.04 Å². The van der Waals surface area contributed by atoms with E-state index in [1.165, 1.54) is 29.5 Å². The third-order valence-corrected chi connectivity index (χ3v) is 4.92. The van der Waals surface area contributed by atoms with E-state index in [0.717, 1.165) is 4.88 Å². The fourth-order valence-electron chi connectivity index (χ4n) is 2.85. The Labute approximate surface area is 156 Å². The lowest BCUT2D eigenvalue weighted by molar-refractivity contribution is -0.125. The summed E-state index contributed by atoms with van der Waals surface area (Å²) in [4.78, 5) is 36.8. The molecule has 0 aliphatic carbocycles. The van der Waals surface area contributed by atoms with Gasteiger partial charge in [-0.2, -0.15) is 0 Å². The normalized spacial score (nSPS) is 15.7. The van der Waals surface area contributed by atoms with Crippen LogP contribution in [0.15, 0.2) is 41.8 Å². The van der Waals surface area contributed by atoms with Crippen molar-refractivity contribution < 1.29 is 19.5 Å². The molecule has 1 aliphatic heterocycles. The van der Waals surface area contributed by atoms with E-state index < -0.39 is 17.9 Å². The first-order chi connectivity index (χ1) is 13.0. The Morgan fingerprint density at radius 1 is 1.26 bits per heavy atom. The van der Waals surface area contributed by atoms with Crippen LogP contribution in [0.4, 0.5) is 11.6 Å². The average Bonchev–Trinajstić information content (AvgIpc) is 3.30. The van der Waals surface area contributed by atoms with E-state index in [1.807, 2.05) is 17.5 Å². The summed E-state index contributed by atoms with van der Waals surface area (Å²) in [5.41, 5.74) is 0.386. The maximum Gasteiger partial charge on any atom is 0.335 e. The summed E-state index contributed by atoms with van der Waals surface area (Å²) < 4.78 is 1.59. The highest BCUT2D eigenvalue weighted by Gasteiger charge is 2.34. The van der Waals surface area contributed by atoms with E-state index in [1.54, 1.807) is 10.6 Å². The van der Waals surface area contributed by atoms with Crippen molar-refractivity contribution in [1.82, 2.24) is 14.8 Å². The maximum absolute atomic E-state index is 12.9. The van der Waals surface area contributed by atoms with Gasteiger partial charge in [0, 0.05) is 5.69 Å². The summed E-state index contributed by atoms with van der Waals surface area (Å²) in [7, 11) is 0. The van der Waals surface area contributed by atoms with E-state index in [2.05, 4.69) is 20.8 Å². The van der Waals surface area contributed by atoms with Crippen LogP contribution in [0.2, 0.25) is 0 Å². The van der Waals surface area contributed by atoms with Crippen LogP contribution in [-0.2, 0) is 9.59 Å². The minimum absolute atomic E-state index is 0.0541. The molecule has 1 atom stereocenters. The largest absolute Gasteiger partial charge is 0.478 e. The predicted octanol–water partition coefficient (Wildman–Crippen LogP) is 2.23. The smallest absolute Gasteiger partial charge is 0.335 e. The van der Waals surface area contributed by atoms with Gasteiger partial charge in [-0.3, -0.25) is 19.5 Å². The number of carboxylic acid groups (broad SMARTS) is 1. The van der Waals surface area contributed by atoms with Gasteiger partial charge in [0.2, 0.25) is 17.8 Å². The highest BCUT2D eigenvalue weighted by molar-refractivity contribution is 7.13. The van der Waals surface area contributed by atoms with Gasteiger partial charge >= 0.3 is 5.97 Å². The van der Waals surface area contributed by atoms with Crippen LogP contribution in [-0.4, -0.2) is 37.7 Å². The Balaban J connectivity index is 1.67. The van der Waals surface area contributed by atoms with Crippen molar-refractivity contribution in [2.45, 2.75) is 12.5 Å². The standard InChI is InChI=1S/C17H13N5O4S/c23-13-8-11(15(24)18-10-4-1-3-9(7-10)16(25)26)22-14(12-5-2-6-27-12)20-21-17(22)19-13/h1-7,11H,8H2,(H,18,24)(H,25,26)(H,19,21,23)/t11-/m1/s1. The van der Waals surface area contributed by atoms with Crippen molar-refractivity contribution in [2.24, 2.45) is 0 Å². The van der Waals surface area contributed by atoms with Gasteiger partial charge in [-0.25, -0.2) is 4.79 Å². The van der Waals surface area contributed by atoms with Gasteiger partial charge in [-0.15, -0.1) is 21.5 Å². The van der Waals surface area contributed by atoms with Crippen molar-refractivity contribution in [3.8, 4) is 10.7 Å². The van der Waals surface area contributed by atoms with Crippen molar-refractivity contribution in [3.05, 3.63) is 47.3 Å². The number of aromatic nitrogens is 3. The Morgan fingerprint density at radius 3 is 2.85 bits per heavy atom. The van der Waals surface area contributed by atoms with Crippen LogP contribution in [0.25, 0.3) is 10.7 Å². The molecule has 136 valence electrons. The van der Waals surface area contributed by atoms with Crippen LogP contribution in [0.3, 0.4) is 0 Å². The minimum atomic E-state index is -1.09. The third-order valence-electron chi connectivity index (χ3n) is 4.06. The molecule has 0 fully saturated rings. The fraction of sp³-hybridized carbons (Fsp3) is 0.118.